The molecule has 6 rings (SSSR count). The molecule has 0 aliphatic carbocycles. The van der Waals surface area contributed by atoms with E-state index in [0.29, 0.717) is 61.3 Å². The van der Waals surface area contributed by atoms with Crippen LogP contribution in [0.25, 0.3) is 0 Å². The van der Waals surface area contributed by atoms with Gasteiger partial charge in [-0.3, -0.25) is 19.3 Å². The molecule has 1 aromatic rings. The zero-order chi connectivity index (χ0) is 28.8. The molecule has 2 bridgehead atoms. The summed E-state index contributed by atoms with van der Waals surface area (Å²) in [5, 5.41) is 26.4. The fourth-order valence-corrected chi connectivity index (χ4v) is 7.52. The molecule has 0 aromatic carbocycles. The molecule has 214 valence electrons. The van der Waals surface area contributed by atoms with E-state index in [9.17, 15) is 29.1 Å². The fourth-order valence-electron chi connectivity index (χ4n) is 5.75. The molecular weight excluding hydrogens is 568 g/mol. The Balaban J connectivity index is 1.31. The number of hydrogen-bond donors (Lipinski definition) is 4. The number of amides is 3. The van der Waals surface area contributed by atoms with Crippen LogP contribution >= 0.6 is 23.3 Å². The average molecular weight is 595 g/mol. The molecule has 1 aromatic heterocycles. The third-order valence-corrected chi connectivity index (χ3v) is 9.86. The number of thioether (sulfide) groups is 1. The van der Waals surface area contributed by atoms with E-state index in [1.807, 2.05) is 0 Å². The number of carboxylic acids is 2. The Morgan fingerprint density at radius 3 is 2.48 bits per heavy atom. The number of nitrogen functional groups attached to an aromatic ring is 1. The summed E-state index contributed by atoms with van der Waals surface area (Å²) < 4.78 is 4.50. The van der Waals surface area contributed by atoms with Crippen LogP contribution in [0.3, 0.4) is 0 Å². The Morgan fingerprint density at radius 1 is 1.25 bits per heavy atom. The molecule has 5 aliphatic rings. The van der Waals surface area contributed by atoms with Crippen molar-refractivity contribution in [3.05, 3.63) is 17.1 Å². The molecule has 40 heavy (non-hydrogen) atoms. The number of carbonyl (C=O) groups is 5. The van der Waals surface area contributed by atoms with Crippen molar-refractivity contribution in [3.8, 4) is 0 Å². The lowest BCUT2D eigenvalue weighted by atomic mass is 9.70. The highest BCUT2D eigenvalue weighted by Gasteiger charge is 2.56. The van der Waals surface area contributed by atoms with E-state index < -0.39 is 52.9 Å². The third-order valence-electron chi connectivity index (χ3n) is 7.98. The van der Waals surface area contributed by atoms with Crippen LogP contribution in [0.1, 0.15) is 25.1 Å². The van der Waals surface area contributed by atoms with Crippen LogP contribution in [0.15, 0.2) is 16.4 Å². The number of piperidine rings is 3. The summed E-state index contributed by atoms with van der Waals surface area (Å²) in [4.78, 5) is 70.8. The fraction of sp³-hybridized carbons (Fsp3) is 0.545. The number of nitrogens with one attached hydrogen (secondary N) is 1. The second-order valence-electron chi connectivity index (χ2n) is 10.2. The largest absolute Gasteiger partial charge is 0.543 e. The Labute approximate surface area is 235 Å². The summed E-state index contributed by atoms with van der Waals surface area (Å²) >= 11 is 2.08. The van der Waals surface area contributed by atoms with E-state index in [1.54, 1.807) is 0 Å². The standard InChI is InChI=1S/C22H26N8O8S2/c23-20(37)22-1-4-30(5-2-22,6-3-22)7-10-9-39-18-13(17(34)29(18)14(10)19(35)36)25-16(33)12(27-38-8-11(31)32)15-26-21(24)40-28-15/h13,18H,1-9H2,(H6-,23,24,25,26,28,31,32,33,35,36,37)/b27-12-/t13-,18-,22?,30?/m1/s1. The quantitative estimate of drug-likeness (QED) is 0.0906. The molecule has 16 nitrogen and oxygen atoms in total. The van der Waals surface area contributed by atoms with E-state index in [-0.39, 0.29) is 22.6 Å². The molecule has 4 saturated heterocycles. The van der Waals surface area contributed by atoms with Gasteiger partial charge in [-0.25, -0.2) is 4.79 Å². The average Bonchev–Trinajstić information content (AvgIpc) is 3.35. The Hall–Kier alpha value is -3.77. The van der Waals surface area contributed by atoms with Crippen molar-refractivity contribution in [1.29, 1.82) is 0 Å². The van der Waals surface area contributed by atoms with Gasteiger partial charge in [0.2, 0.25) is 24.1 Å². The van der Waals surface area contributed by atoms with Crippen molar-refractivity contribution >= 4 is 63.8 Å². The number of nitrogens with zero attached hydrogens (tertiary/aromatic N) is 5. The zero-order valence-electron chi connectivity index (χ0n) is 21.0. The van der Waals surface area contributed by atoms with Gasteiger partial charge in [0.25, 0.3) is 11.8 Å². The lowest BCUT2D eigenvalue weighted by Crippen LogP contribution is -2.72. The summed E-state index contributed by atoms with van der Waals surface area (Å²) in [5.41, 5.74) is 10.6. The maximum atomic E-state index is 13.1. The summed E-state index contributed by atoms with van der Waals surface area (Å²) in [6.45, 7) is 1.64. The SMILES string of the molecule is NC(=O)C12CC[N+](CC3=C(C(=O)[O-])N4C(=O)[C@@H](NC(=O)/C(=N\OCC(=O)O)c5nsc(N)n5)[C@H]4SC3)(CC1)CC2. The molecule has 0 saturated carbocycles. The number of primary amides is 1. The number of carbonyl (C=O) groups excluding carboxylic acids is 4. The highest BCUT2D eigenvalue weighted by Crippen LogP contribution is 2.46. The summed E-state index contributed by atoms with van der Waals surface area (Å²) in [7, 11) is 0. The van der Waals surface area contributed by atoms with E-state index in [1.165, 1.54) is 11.8 Å². The summed E-state index contributed by atoms with van der Waals surface area (Å²) in [5.74, 6) is -4.59. The molecule has 3 amide bonds. The lowest BCUT2D eigenvalue weighted by Gasteiger charge is -2.55. The van der Waals surface area contributed by atoms with Crippen molar-refractivity contribution in [1.82, 2.24) is 19.6 Å². The topological polar surface area (TPSA) is 243 Å². The van der Waals surface area contributed by atoms with Gasteiger partial charge in [-0.2, -0.15) is 9.36 Å². The van der Waals surface area contributed by atoms with Gasteiger partial charge in [0, 0.05) is 42.1 Å². The van der Waals surface area contributed by atoms with Crippen LogP contribution in [0.5, 0.6) is 0 Å². The molecular formula is C22H26N8O8S2. The number of anilines is 1. The molecule has 0 unspecified atom stereocenters. The first-order valence-electron chi connectivity index (χ1n) is 12.3. The van der Waals surface area contributed by atoms with E-state index in [4.69, 9.17) is 16.6 Å². The second-order valence-corrected chi connectivity index (χ2v) is 12.1. The minimum Gasteiger partial charge on any atom is -0.543 e. The van der Waals surface area contributed by atoms with Crippen LogP contribution in [-0.4, -0.2) is 109 Å². The molecule has 6 N–H and O–H groups in total. The van der Waals surface area contributed by atoms with Crippen LogP contribution in [-0.2, 0) is 28.8 Å². The molecule has 0 radical (unpaired) electrons. The van der Waals surface area contributed by atoms with Gasteiger partial charge in [0.15, 0.2) is 5.13 Å². The lowest BCUT2D eigenvalue weighted by molar-refractivity contribution is -0.940. The maximum Gasteiger partial charge on any atom is 0.344 e. The zero-order valence-corrected chi connectivity index (χ0v) is 22.7. The first kappa shape index (κ1) is 27.8. The molecule has 0 spiro atoms. The number of rotatable bonds is 10. The molecule has 2 atom stereocenters. The number of carboxylic acid groups (broad SMARTS) is 2. The first-order valence-corrected chi connectivity index (χ1v) is 14.1. The van der Waals surface area contributed by atoms with Crippen molar-refractivity contribution in [2.75, 3.05) is 44.3 Å². The number of oxime groups is 1. The van der Waals surface area contributed by atoms with Gasteiger partial charge < -0.3 is 41.1 Å². The van der Waals surface area contributed by atoms with Crippen LogP contribution in [0.4, 0.5) is 5.13 Å². The molecule has 6 heterocycles. The van der Waals surface area contributed by atoms with Crippen molar-refractivity contribution in [3.63, 3.8) is 0 Å². The van der Waals surface area contributed by atoms with Gasteiger partial charge in [0.05, 0.1) is 36.7 Å². The number of nitrogens with two attached hydrogens (primary N) is 2. The first-order chi connectivity index (χ1) is 19.0. The van der Waals surface area contributed by atoms with Gasteiger partial charge in [-0.15, -0.1) is 11.8 Å². The predicted molar refractivity (Wildman–Crippen MR) is 137 cm³/mol. The summed E-state index contributed by atoms with van der Waals surface area (Å²) in [6, 6.07) is -1.10. The number of aliphatic carboxylic acids is 2. The number of hydrogen-bond acceptors (Lipinski definition) is 13. The van der Waals surface area contributed by atoms with Gasteiger partial charge in [-0.05, 0) is 0 Å². The van der Waals surface area contributed by atoms with Crippen LogP contribution in [0, 0.1) is 5.41 Å². The number of fused-ring (bicyclic) bond motifs is 4. The smallest absolute Gasteiger partial charge is 0.344 e. The number of β-lactam (4-membered cyclic amide) rings is 1. The summed E-state index contributed by atoms with van der Waals surface area (Å²) in [6.07, 6.45) is 1.92. The Kier molecular flexibility index (Phi) is 7.17. The van der Waals surface area contributed by atoms with Gasteiger partial charge >= 0.3 is 5.97 Å². The normalized spacial score (nSPS) is 29.4. The maximum absolute atomic E-state index is 13.1. The highest BCUT2D eigenvalue weighted by atomic mass is 32.2. The molecule has 5 aliphatic heterocycles. The minimum absolute atomic E-state index is 0.0212. The second kappa shape index (κ2) is 10.3. The van der Waals surface area contributed by atoms with Gasteiger partial charge in [0.1, 0.15) is 18.0 Å². The van der Waals surface area contributed by atoms with Crippen LogP contribution < -0.4 is 21.9 Å². The van der Waals surface area contributed by atoms with E-state index in [2.05, 4.69) is 24.7 Å². The van der Waals surface area contributed by atoms with E-state index >= 15 is 0 Å². The molecule has 4 fully saturated rings. The molecule has 18 heteroatoms. The number of quaternary nitrogens is 1. The number of aromatic nitrogens is 2. The van der Waals surface area contributed by atoms with E-state index in [0.717, 1.165) is 16.4 Å². The van der Waals surface area contributed by atoms with Crippen molar-refractivity contribution in [2.24, 2.45) is 16.3 Å². The predicted octanol–water partition coefficient (Wildman–Crippen LogP) is -3.18. The van der Waals surface area contributed by atoms with Crippen molar-refractivity contribution in [2.45, 2.75) is 30.7 Å². The highest BCUT2D eigenvalue weighted by molar-refractivity contribution is 8.00. The third kappa shape index (κ3) is 4.86. The Bertz CT molecular complexity index is 1340. The minimum atomic E-state index is -1.48. The van der Waals surface area contributed by atoms with Gasteiger partial charge in [-0.1, -0.05) is 5.16 Å². The van der Waals surface area contributed by atoms with Crippen molar-refractivity contribution < 1.29 is 43.5 Å². The Morgan fingerprint density at radius 2 is 1.93 bits per heavy atom. The monoisotopic (exact) mass is 594 g/mol. The van der Waals surface area contributed by atoms with Crippen LogP contribution in [0.2, 0.25) is 0 Å².